The van der Waals surface area contributed by atoms with Gasteiger partial charge in [0, 0.05) is 24.2 Å². The van der Waals surface area contributed by atoms with E-state index in [1.165, 1.54) is 0 Å². The SMILES string of the molecule is COc1cc([C@H]2[C@H]3CCCC[C@@]3(O)CCN2CC(=O)Nc2ccccc2)cc(OC)c1OC. The summed E-state index contributed by atoms with van der Waals surface area (Å²) in [5.41, 5.74) is 1.01. The number of amides is 1. The molecule has 2 N–H and O–H groups in total. The van der Waals surface area contributed by atoms with Crippen molar-refractivity contribution in [2.75, 3.05) is 39.7 Å². The van der Waals surface area contributed by atoms with Crippen molar-refractivity contribution in [3.05, 3.63) is 48.0 Å². The van der Waals surface area contributed by atoms with Gasteiger partial charge in [0.25, 0.3) is 0 Å². The van der Waals surface area contributed by atoms with Gasteiger partial charge in [-0.3, -0.25) is 9.69 Å². The van der Waals surface area contributed by atoms with E-state index in [1.807, 2.05) is 42.5 Å². The lowest BCUT2D eigenvalue weighted by molar-refractivity contribution is -0.135. The number of methoxy groups -OCH3 is 3. The Morgan fingerprint density at radius 2 is 1.76 bits per heavy atom. The lowest BCUT2D eigenvalue weighted by atomic mass is 9.66. The molecule has 0 radical (unpaired) electrons. The largest absolute Gasteiger partial charge is 0.493 e. The molecule has 1 saturated carbocycles. The van der Waals surface area contributed by atoms with E-state index in [4.69, 9.17) is 14.2 Å². The number of nitrogens with zero attached hydrogens (tertiary/aromatic N) is 1. The number of ether oxygens (including phenoxy) is 3. The van der Waals surface area contributed by atoms with Gasteiger partial charge in [-0.05, 0) is 49.1 Å². The molecule has 33 heavy (non-hydrogen) atoms. The predicted octanol–water partition coefficient (Wildman–Crippen LogP) is 4.02. The van der Waals surface area contributed by atoms with Crippen LogP contribution in [0.1, 0.15) is 43.7 Å². The van der Waals surface area contributed by atoms with Crippen molar-refractivity contribution >= 4 is 11.6 Å². The minimum Gasteiger partial charge on any atom is -0.493 e. The van der Waals surface area contributed by atoms with E-state index in [-0.39, 0.29) is 24.4 Å². The van der Waals surface area contributed by atoms with Gasteiger partial charge in [0.2, 0.25) is 11.7 Å². The molecule has 0 unspecified atom stereocenters. The van der Waals surface area contributed by atoms with Crippen LogP contribution in [0.15, 0.2) is 42.5 Å². The standard InChI is InChI=1S/C26H34N2O5/c1-31-21-15-18(16-22(32-2)25(21)33-3)24-20-11-7-8-12-26(20,30)13-14-28(24)17-23(29)27-19-9-5-4-6-10-19/h4-6,9-10,15-16,20,24,30H,7-8,11-14,17H2,1-3H3,(H,27,29)/t20-,24+,26-/m1/s1. The van der Waals surface area contributed by atoms with Gasteiger partial charge in [-0.25, -0.2) is 0 Å². The molecule has 2 aliphatic rings. The molecule has 1 heterocycles. The third-order valence-corrected chi connectivity index (χ3v) is 7.10. The van der Waals surface area contributed by atoms with Gasteiger partial charge < -0.3 is 24.6 Å². The minimum absolute atomic E-state index is 0.0207. The Labute approximate surface area is 195 Å². The predicted molar refractivity (Wildman–Crippen MR) is 127 cm³/mol. The summed E-state index contributed by atoms with van der Waals surface area (Å²) < 4.78 is 16.7. The molecule has 2 aromatic carbocycles. The average Bonchev–Trinajstić information content (AvgIpc) is 2.83. The van der Waals surface area contributed by atoms with Crippen LogP contribution in [0.4, 0.5) is 5.69 Å². The summed E-state index contributed by atoms with van der Waals surface area (Å²) in [5, 5.41) is 14.5. The molecular weight excluding hydrogens is 420 g/mol. The Bertz CT molecular complexity index is 941. The number of para-hydroxylation sites is 1. The third kappa shape index (κ3) is 4.80. The molecule has 1 saturated heterocycles. The molecule has 1 aliphatic heterocycles. The summed E-state index contributed by atoms with van der Waals surface area (Å²) in [6, 6.07) is 13.2. The zero-order chi connectivity index (χ0) is 23.4. The van der Waals surface area contributed by atoms with E-state index in [1.54, 1.807) is 21.3 Å². The zero-order valence-corrected chi connectivity index (χ0v) is 19.7. The molecule has 7 nitrogen and oxygen atoms in total. The van der Waals surface area contributed by atoms with Crippen LogP contribution in [0.2, 0.25) is 0 Å². The van der Waals surface area contributed by atoms with E-state index >= 15 is 0 Å². The summed E-state index contributed by atoms with van der Waals surface area (Å²) in [6.45, 7) is 0.874. The Kier molecular flexibility index (Phi) is 7.10. The zero-order valence-electron chi connectivity index (χ0n) is 19.7. The highest BCUT2D eigenvalue weighted by Gasteiger charge is 2.49. The van der Waals surface area contributed by atoms with Gasteiger partial charge in [0.15, 0.2) is 11.5 Å². The summed E-state index contributed by atoms with van der Waals surface area (Å²) in [5.74, 6) is 1.63. The number of hydrogen-bond donors (Lipinski definition) is 2. The van der Waals surface area contributed by atoms with Crippen LogP contribution in [0.25, 0.3) is 0 Å². The molecule has 0 bridgehead atoms. The molecule has 2 aromatic rings. The average molecular weight is 455 g/mol. The van der Waals surface area contributed by atoms with E-state index < -0.39 is 5.60 Å². The quantitative estimate of drug-likeness (QED) is 0.658. The van der Waals surface area contributed by atoms with Crippen molar-refractivity contribution in [3.63, 3.8) is 0 Å². The molecule has 3 atom stereocenters. The number of benzene rings is 2. The molecule has 1 aliphatic carbocycles. The van der Waals surface area contributed by atoms with Crippen molar-refractivity contribution in [2.45, 2.75) is 43.7 Å². The minimum atomic E-state index is -0.726. The van der Waals surface area contributed by atoms with Gasteiger partial charge >= 0.3 is 0 Å². The summed E-state index contributed by atoms with van der Waals surface area (Å²) >= 11 is 0. The number of fused-ring (bicyclic) bond motifs is 1. The highest BCUT2D eigenvalue weighted by atomic mass is 16.5. The fourth-order valence-corrected chi connectivity index (χ4v) is 5.54. The second-order valence-electron chi connectivity index (χ2n) is 8.99. The van der Waals surface area contributed by atoms with Crippen LogP contribution >= 0.6 is 0 Å². The number of likely N-dealkylation sites (tertiary alicyclic amines) is 1. The first-order valence-corrected chi connectivity index (χ1v) is 11.6. The smallest absolute Gasteiger partial charge is 0.238 e. The number of rotatable bonds is 7. The fraction of sp³-hybridized carbons (Fsp3) is 0.500. The van der Waals surface area contributed by atoms with Gasteiger partial charge in [-0.15, -0.1) is 0 Å². The molecule has 178 valence electrons. The number of nitrogens with one attached hydrogen (secondary N) is 1. The normalized spacial score (nSPS) is 25.1. The van der Waals surface area contributed by atoms with Crippen LogP contribution in [-0.2, 0) is 4.79 Å². The third-order valence-electron chi connectivity index (χ3n) is 7.10. The molecule has 2 fully saturated rings. The van der Waals surface area contributed by atoms with Crippen molar-refractivity contribution < 1.29 is 24.1 Å². The first-order chi connectivity index (χ1) is 16.0. The summed E-state index contributed by atoms with van der Waals surface area (Å²) in [4.78, 5) is 15.1. The summed E-state index contributed by atoms with van der Waals surface area (Å²) in [6.07, 6.45) is 4.47. The topological polar surface area (TPSA) is 80.3 Å². The van der Waals surface area contributed by atoms with Gasteiger partial charge in [-0.2, -0.15) is 0 Å². The Balaban J connectivity index is 1.68. The van der Waals surface area contributed by atoms with Gasteiger partial charge in [-0.1, -0.05) is 31.0 Å². The van der Waals surface area contributed by atoms with Crippen LogP contribution in [0.3, 0.4) is 0 Å². The number of hydrogen-bond acceptors (Lipinski definition) is 6. The molecule has 1 amide bonds. The van der Waals surface area contributed by atoms with E-state index in [9.17, 15) is 9.90 Å². The van der Waals surface area contributed by atoms with Crippen LogP contribution in [0.5, 0.6) is 17.2 Å². The lowest BCUT2D eigenvalue weighted by Crippen LogP contribution is -2.56. The first kappa shape index (κ1) is 23.4. The number of piperidine rings is 1. The van der Waals surface area contributed by atoms with Crippen LogP contribution in [0, 0.1) is 5.92 Å². The Morgan fingerprint density at radius 1 is 1.06 bits per heavy atom. The van der Waals surface area contributed by atoms with Crippen molar-refractivity contribution in [1.82, 2.24) is 4.90 Å². The molecule has 0 spiro atoms. The second kappa shape index (κ2) is 10.0. The van der Waals surface area contributed by atoms with E-state index in [0.29, 0.717) is 30.2 Å². The fourth-order valence-electron chi connectivity index (χ4n) is 5.54. The molecular formula is C26H34N2O5. The van der Waals surface area contributed by atoms with Gasteiger partial charge in [0.05, 0.1) is 33.5 Å². The lowest BCUT2D eigenvalue weighted by Gasteiger charge is -2.52. The van der Waals surface area contributed by atoms with Gasteiger partial charge in [0.1, 0.15) is 0 Å². The van der Waals surface area contributed by atoms with E-state index in [0.717, 1.165) is 36.9 Å². The van der Waals surface area contributed by atoms with Crippen LogP contribution < -0.4 is 19.5 Å². The van der Waals surface area contributed by atoms with Crippen molar-refractivity contribution in [3.8, 4) is 17.2 Å². The maximum Gasteiger partial charge on any atom is 0.238 e. The van der Waals surface area contributed by atoms with Crippen molar-refractivity contribution in [2.24, 2.45) is 5.92 Å². The number of aliphatic hydroxyl groups is 1. The van der Waals surface area contributed by atoms with Crippen molar-refractivity contribution in [1.29, 1.82) is 0 Å². The Morgan fingerprint density at radius 3 is 2.39 bits per heavy atom. The van der Waals surface area contributed by atoms with E-state index in [2.05, 4.69) is 10.2 Å². The highest BCUT2D eigenvalue weighted by molar-refractivity contribution is 5.92. The molecule has 0 aromatic heterocycles. The highest BCUT2D eigenvalue weighted by Crippen LogP contribution is 2.51. The number of carbonyl (C=O) groups is 1. The maximum absolute atomic E-state index is 13.0. The Hall–Kier alpha value is -2.77. The maximum atomic E-state index is 13.0. The monoisotopic (exact) mass is 454 g/mol. The number of carbonyl (C=O) groups excluding carboxylic acids is 1. The first-order valence-electron chi connectivity index (χ1n) is 11.6. The molecule has 4 rings (SSSR count). The summed E-state index contributed by atoms with van der Waals surface area (Å²) in [7, 11) is 4.79. The second-order valence-corrected chi connectivity index (χ2v) is 8.99. The number of anilines is 1. The van der Waals surface area contributed by atoms with Crippen LogP contribution in [-0.4, -0.2) is 55.9 Å². The molecule has 7 heteroatoms.